The maximum atomic E-state index is 11.6. The second kappa shape index (κ2) is 5.12. The number of carbonyl (C=O) groups excluding carboxylic acids is 1. The normalized spacial score (nSPS) is 19.9. The highest BCUT2D eigenvalue weighted by Crippen LogP contribution is 2.15. The van der Waals surface area contributed by atoms with E-state index in [2.05, 4.69) is 15.7 Å². The van der Waals surface area contributed by atoms with E-state index in [0.29, 0.717) is 12.3 Å². The highest BCUT2D eigenvalue weighted by atomic mass is 16.1. The van der Waals surface area contributed by atoms with Crippen molar-refractivity contribution in [2.24, 2.45) is 13.0 Å². The summed E-state index contributed by atoms with van der Waals surface area (Å²) in [5.74, 6) is 1.50. The molecule has 1 amide bonds. The first kappa shape index (κ1) is 11.1. The van der Waals surface area contributed by atoms with Gasteiger partial charge in [-0.1, -0.05) is 0 Å². The van der Waals surface area contributed by atoms with E-state index < -0.39 is 0 Å². The minimum Gasteiger partial charge on any atom is -0.316 e. The Kier molecular flexibility index (Phi) is 3.56. The van der Waals surface area contributed by atoms with Gasteiger partial charge in [0.05, 0.1) is 6.20 Å². The van der Waals surface area contributed by atoms with E-state index in [0.717, 1.165) is 25.3 Å². The molecule has 5 heteroatoms. The van der Waals surface area contributed by atoms with Crippen LogP contribution in [0.4, 0.5) is 5.82 Å². The summed E-state index contributed by atoms with van der Waals surface area (Å²) in [6, 6.07) is 1.80. The van der Waals surface area contributed by atoms with Crippen LogP contribution >= 0.6 is 0 Å². The number of hydrogen-bond acceptors (Lipinski definition) is 3. The molecule has 0 saturated carbocycles. The Morgan fingerprint density at radius 3 is 3.25 bits per heavy atom. The summed E-state index contributed by atoms with van der Waals surface area (Å²) in [5, 5.41) is 10.2. The minimum absolute atomic E-state index is 0.0792. The first-order chi connectivity index (χ1) is 7.75. The zero-order valence-electron chi connectivity index (χ0n) is 9.57. The lowest BCUT2D eigenvalue weighted by atomic mass is 10.0. The van der Waals surface area contributed by atoms with Gasteiger partial charge in [-0.05, 0) is 31.8 Å². The van der Waals surface area contributed by atoms with E-state index >= 15 is 0 Å². The van der Waals surface area contributed by atoms with Crippen LogP contribution in [0, 0.1) is 5.92 Å². The highest BCUT2D eigenvalue weighted by molar-refractivity contribution is 5.89. The van der Waals surface area contributed by atoms with E-state index in [-0.39, 0.29) is 5.91 Å². The van der Waals surface area contributed by atoms with Gasteiger partial charge in [-0.15, -0.1) is 0 Å². The SMILES string of the molecule is Cn1nccc1NC(=O)CCC1CCNC1. The Morgan fingerprint density at radius 2 is 2.62 bits per heavy atom. The lowest BCUT2D eigenvalue weighted by Gasteiger charge is -2.08. The number of anilines is 1. The van der Waals surface area contributed by atoms with E-state index in [4.69, 9.17) is 0 Å². The molecule has 1 atom stereocenters. The summed E-state index contributed by atoms with van der Waals surface area (Å²) in [6.07, 6.45) is 4.43. The van der Waals surface area contributed by atoms with Gasteiger partial charge in [-0.25, -0.2) is 0 Å². The first-order valence-electron chi connectivity index (χ1n) is 5.74. The predicted molar refractivity (Wildman–Crippen MR) is 62.0 cm³/mol. The lowest BCUT2D eigenvalue weighted by Crippen LogP contribution is -2.16. The number of nitrogens with zero attached hydrogens (tertiary/aromatic N) is 2. The fourth-order valence-corrected chi connectivity index (χ4v) is 2.00. The Morgan fingerprint density at radius 1 is 1.75 bits per heavy atom. The Labute approximate surface area is 95.2 Å². The summed E-state index contributed by atoms with van der Waals surface area (Å²) >= 11 is 0. The van der Waals surface area contributed by atoms with Crippen LogP contribution in [-0.4, -0.2) is 28.8 Å². The molecular weight excluding hydrogens is 204 g/mol. The van der Waals surface area contributed by atoms with Crippen molar-refractivity contribution < 1.29 is 4.79 Å². The Bertz CT molecular complexity index is 355. The van der Waals surface area contributed by atoms with Crippen molar-refractivity contribution >= 4 is 11.7 Å². The monoisotopic (exact) mass is 222 g/mol. The molecule has 2 N–H and O–H groups in total. The third-order valence-corrected chi connectivity index (χ3v) is 3.03. The lowest BCUT2D eigenvalue weighted by molar-refractivity contribution is -0.116. The number of aromatic nitrogens is 2. The standard InChI is InChI=1S/C11H18N4O/c1-15-10(5-7-13-15)14-11(16)3-2-9-4-6-12-8-9/h5,7,9,12H,2-4,6,8H2,1H3,(H,14,16). The molecule has 1 aromatic heterocycles. The van der Waals surface area contributed by atoms with Crippen molar-refractivity contribution in [2.75, 3.05) is 18.4 Å². The quantitative estimate of drug-likeness (QED) is 0.790. The second-order valence-corrected chi connectivity index (χ2v) is 4.29. The molecule has 2 heterocycles. The van der Waals surface area contributed by atoms with Gasteiger partial charge in [0.1, 0.15) is 5.82 Å². The maximum absolute atomic E-state index is 11.6. The van der Waals surface area contributed by atoms with Gasteiger partial charge in [-0.3, -0.25) is 9.48 Å². The van der Waals surface area contributed by atoms with Crippen LogP contribution in [0.15, 0.2) is 12.3 Å². The van der Waals surface area contributed by atoms with Gasteiger partial charge in [0, 0.05) is 19.5 Å². The summed E-state index contributed by atoms with van der Waals surface area (Å²) in [4.78, 5) is 11.6. The number of nitrogens with one attached hydrogen (secondary N) is 2. The number of aryl methyl sites for hydroxylation is 1. The molecule has 2 rings (SSSR count). The molecule has 88 valence electrons. The van der Waals surface area contributed by atoms with Gasteiger partial charge < -0.3 is 10.6 Å². The molecule has 16 heavy (non-hydrogen) atoms. The van der Waals surface area contributed by atoms with E-state index in [1.807, 2.05) is 7.05 Å². The van der Waals surface area contributed by atoms with Crippen molar-refractivity contribution in [3.05, 3.63) is 12.3 Å². The molecule has 1 aliphatic heterocycles. The molecule has 0 spiro atoms. The Balaban J connectivity index is 1.74. The minimum atomic E-state index is 0.0792. The average molecular weight is 222 g/mol. The number of rotatable bonds is 4. The summed E-state index contributed by atoms with van der Waals surface area (Å²) in [7, 11) is 1.82. The molecule has 0 aliphatic carbocycles. The molecule has 5 nitrogen and oxygen atoms in total. The van der Waals surface area contributed by atoms with Gasteiger partial charge in [0.25, 0.3) is 0 Å². The van der Waals surface area contributed by atoms with Gasteiger partial charge in [0.15, 0.2) is 0 Å². The van der Waals surface area contributed by atoms with Crippen LogP contribution in [0.5, 0.6) is 0 Å². The highest BCUT2D eigenvalue weighted by Gasteiger charge is 2.15. The summed E-state index contributed by atoms with van der Waals surface area (Å²) in [5.41, 5.74) is 0. The molecular formula is C11H18N4O. The summed E-state index contributed by atoms with van der Waals surface area (Å²) in [6.45, 7) is 2.15. The van der Waals surface area contributed by atoms with Crippen molar-refractivity contribution in [1.82, 2.24) is 15.1 Å². The second-order valence-electron chi connectivity index (χ2n) is 4.29. The first-order valence-corrected chi connectivity index (χ1v) is 5.74. The third-order valence-electron chi connectivity index (χ3n) is 3.03. The zero-order chi connectivity index (χ0) is 11.4. The van der Waals surface area contributed by atoms with Crippen LogP contribution in [0.1, 0.15) is 19.3 Å². The van der Waals surface area contributed by atoms with Crippen LogP contribution in [0.3, 0.4) is 0 Å². The molecule has 0 bridgehead atoms. The Hall–Kier alpha value is -1.36. The smallest absolute Gasteiger partial charge is 0.225 e. The average Bonchev–Trinajstić information content (AvgIpc) is 2.88. The number of carbonyl (C=O) groups is 1. The number of amides is 1. The van der Waals surface area contributed by atoms with Gasteiger partial charge in [-0.2, -0.15) is 5.10 Å². The third kappa shape index (κ3) is 2.82. The van der Waals surface area contributed by atoms with E-state index in [1.165, 1.54) is 6.42 Å². The summed E-state index contributed by atoms with van der Waals surface area (Å²) < 4.78 is 1.66. The van der Waals surface area contributed by atoms with Crippen molar-refractivity contribution in [3.63, 3.8) is 0 Å². The molecule has 0 radical (unpaired) electrons. The van der Waals surface area contributed by atoms with Gasteiger partial charge in [0.2, 0.25) is 5.91 Å². The molecule has 1 aromatic rings. The molecule has 1 saturated heterocycles. The van der Waals surface area contributed by atoms with Crippen LogP contribution < -0.4 is 10.6 Å². The van der Waals surface area contributed by atoms with Crippen molar-refractivity contribution in [2.45, 2.75) is 19.3 Å². The fourth-order valence-electron chi connectivity index (χ4n) is 2.00. The van der Waals surface area contributed by atoms with Crippen LogP contribution in [0.25, 0.3) is 0 Å². The van der Waals surface area contributed by atoms with Gasteiger partial charge >= 0.3 is 0 Å². The maximum Gasteiger partial charge on any atom is 0.225 e. The van der Waals surface area contributed by atoms with Crippen molar-refractivity contribution in [1.29, 1.82) is 0 Å². The van der Waals surface area contributed by atoms with E-state index in [1.54, 1.807) is 16.9 Å². The number of hydrogen-bond donors (Lipinski definition) is 2. The molecule has 1 unspecified atom stereocenters. The largest absolute Gasteiger partial charge is 0.316 e. The molecule has 1 aliphatic rings. The van der Waals surface area contributed by atoms with Crippen molar-refractivity contribution in [3.8, 4) is 0 Å². The fraction of sp³-hybridized carbons (Fsp3) is 0.636. The van der Waals surface area contributed by atoms with E-state index in [9.17, 15) is 4.79 Å². The van der Waals surface area contributed by atoms with Crippen LogP contribution in [-0.2, 0) is 11.8 Å². The molecule has 1 fully saturated rings. The zero-order valence-corrected chi connectivity index (χ0v) is 9.57. The van der Waals surface area contributed by atoms with Crippen LogP contribution in [0.2, 0.25) is 0 Å². The topological polar surface area (TPSA) is 59.0 Å². The molecule has 0 aromatic carbocycles. The predicted octanol–water partition coefficient (Wildman–Crippen LogP) is 0.748.